The maximum Gasteiger partial charge on any atom is 0.0331 e. The van der Waals surface area contributed by atoms with Crippen LogP contribution >= 0.6 is 0 Å². The van der Waals surface area contributed by atoms with Gasteiger partial charge in [-0.2, -0.15) is 0 Å². The number of fused-ring (bicyclic) bond motifs is 2. The predicted molar refractivity (Wildman–Crippen MR) is 77.1 cm³/mol. The van der Waals surface area contributed by atoms with E-state index in [1.165, 1.54) is 32.1 Å². The molecule has 0 saturated heterocycles. The molecule has 1 N–H and O–H groups in total. The van der Waals surface area contributed by atoms with Gasteiger partial charge in [-0.05, 0) is 66.3 Å². The molecule has 0 saturated carbocycles. The summed E-state index contributed by atoms with van der Waals surface area (Å²) in [6.07, 6.45) is 6.42. The van der Waals surface area contributed by atoms with Gasteiger partial charge in [-0.1, -0.05) is 32.9 Å². The maximum atomic E-state index is 3.73. The summed E-state index contributed by atoms with van der Waals surface area (Å²) in [5.41, 5.74) is 6.79. The molecule has 0 heterocycles. The lowest BCUT2D eigenvalue weighted by molar-refractivity contribution is 0.427. The van der Waals surface area contributed by atoms with Crippen molar-refractivity contribution >= 4 is 0 Å². The number of benzene rings is 1. The van der Waals surface area contributed by atoms with E-state index in [1.54, 1.807) is 22.3 Å². The summed E-state index contributed by atoms with van der Waals surface area (Å²) < 4.78 is 0. The van der Waals surface area contributed by atoms with Gasteiger partial charge in [0.05, 0.1) is 0 Å². The molecule has 1 aromatic rings. The summed E-state index contributed by atoms with van der Waals surface area (Å²) in [4.78, 5) is 0. The van der Waals surface area contributed by atoms with Crippen molar-refractivity contribution in [1.82, 2.24) is 5.32 Å². The van der Waals surface area contributed by atoms with E-state index in [0.29, 0.717) is 11.5 Å². The van der Waals surface area contributed by atoms with E-state index in [9.17, 15) is 0 Å². The molecule has 1 atom stereocenters. The van der Waals surface area contributed by atoms with Gasteiger partial charge in [0.25, 0.3) is 0 Å². The third kappa shape index (κ3) is 1.89. The van der Waals surface area contributed by atoms with Crippen LogP contribution in [0.5, 0.6) is 0 Å². The van der Waals surface area contributed by atoms with Gasteiger partial charge in [-0.25, -0.2) is 0 Å². The predicted octanol–water partition coefficient (Wildman–Crippen LogP) is 3.90. The molecule has 2 aliphatic rings. The first kappa shape index (κ1) is 12.2. The van der Waals surface area contributed by atoms with Crippen LogP contribution in [0, 0.1) is 0 Å². The van der Waals surface area contributed by atoms with Crippen molar-refractivity contribution in [2.24, 2.45) is 0 Å². The topological polar surface area (TPSA) is 12.0 Å². The van der Waals surface area contributed by atoms with E-state index in [-0.39, 0.29) is 0 Å². The van der Waals surface area contributed by atoms with Gasteiger partial charge in [0, 0.05) is 6.04 Å². The summed E-state index contributed by atoms with van der Waals surface area (Å²) in [7, 11) is 0. The number of rotatable bonds is 3. The summed E-state index contributed by atoms with van der Waals surface area (Å²) in [6.45, 7) is 8.19. The average molecular weight is 243 g/mol. The van der Waals surface area contributed by atoms with E-state index in [1.807, 2.05) is 0 Å². The second-order valence-electron chi connectivity index (χ2n) is 6.66. The van der Waals surface area contributed by atoms with E-state index in [2.05, 4.69) is 38.2 Å². The van der Waals surface area contributed by atoms with Crippen LogP contribution in [0.3, 0.4) is 0 Å². The second-order valence-corrected chi connectivity index (χ2v) is 6.66. The summed E-state index contributed by atoms with van der Waals surface area (Å²) >= 11 is 0. The van der Waals surface area contributed by atoms with Gasteiger partial charge in [0.2, 0.25) is 0 Å². The van der Waals surface area contributed by atoms with Crippen molar-refractivity contribution in [2.75, 3.05) is 6.54 Å². The zero-order valence-electron chi connectivity index (χ0n) is 12.0. The molecule has 18 heavy (non-hydrogen) atoms. The lowest BCUT2D eigenvalue weighted by Gasteiger charge is -2.20. The Morgan fingerprint density at radius 2 is 1.94 bits per heavy atom. The lowest BCUT2D eigenvalue weighted by Crippen LogP contribution is -2.22. The largest absolute Gasteiger partial charge is 0.310 e. The molecule has 2 aliphatic carbocycles. The molecule has 98 valence electrons. The molecule has 0 fully saturated rings. The Bertz CT molecular complexity index is 459. The Kier molecular flexibility index (Phi) is 2.97. The van der Waals surface area contributed by atoms with Gasteiger partial charge in [0.1, 0.15) is 0 Å². The van der Waals surface area contributed by atoms with Crippen molar-refractivity contribution in [3.05, 3.63) is 34.4 Å². The highest BCUT2D eigenvalue weighted by atomic mass is 14.9. The van der Waals surface area contributed by atoms with Crippen LogP contribution in [0.1, 0.15) is 68.3 Å². The van der Waals surface area contributed by atoms with Gasteiger partial charge in [0.15, 0.2) is 0 Å². The minimum Gasteiger partial charge on any atom is -0.310 e. The Hall–Kier alpha value is -0.820. The normalized spacial score (nSPS) is 24.1. The Morgan fingerprint density at radius 3 is 2.67 bits per heavy atom. The SMILES string of the molecule is CCCNC1CC(C)(C)c2cc3c(cc21)CCC3. The minimum absolute atomic E-state index is 0.346. The van der Waals surface area contributed by atoms with Gasteiger partial charge < -0.3 is 5.32 Å². The van der Waals surface area contributed by atoms with Crippen LogP contribution in [0.2, 0.25) is 0 Å². The van der Waals surface area contributed by atoms with E-state index in [0.717, 1.165) is 6.54 Å². The number of aryl methyl sites for hydroxylation is 2. The first-order chi connectivity index (χ1) is 8.62. The number of nitrogens with one attached hydrogen (secondary N) is 1. The van der Waals surface area contributed by atoms with Gasteiger partial charge in [-0.15, -0.1) is 0 Å². The fraction of sp³-hybridized carbons (Fsp3) is 0.647. The Balaban J connectivity index is 1.99. The Labute approximate surface area is 111 Å². The van der Waals surface area contributed by atoms with Crippen molar-refractivity contribution < 1.29 is 0 Å². The molecular weight excluding hydrogens is 218 g/mol. The van der Waals surface area contributed by atoms with Gasteiger partial charge in [-0.3, -0.25) is 0 Å². The molecular formula is C17H25N. The smallest absolute Gasteiger partial charge is 0.0331 e. The molecule has 3 rings (SSSR count). The van der Waals surface area contributed by atoms with Crippen LogP contribution in [0.15, 0.2) is 12.1 Å². The van der Waals surface area contributed by atoms with Crippen molar-refractivity contribution in [1.29, 1.82) is 0 Å². The molecule has 0 spiro atoms. The number of hydrogen-bond donors (Lipinski definition) is 1. The van der Waals surface area contributed by atoms with Crippen LogP contribution in [0.4, 0.5) is 0 Å². The first-order valence-corrected chi connectivity index (χ1v) is 7.51. The fourth-order valence-corrected chi connectivity index (χ4v) is 3.75. The molecule has 0 radical (unpaired) electrons. The van der Waals surface area contributed by atoms with Crippen molar-refractivity contribution in [3.8, 4) is 0 Å². The third-order valence-electron chi connectivity index (χ3n) is 4.72. The van der Waals surface area contributed by atoms with Crippen LogP contribution < -0.4 is 5.32 Å². The third-order valence-corrected chi connectivity index (χ3v) is 4.72. The van der Waals surface area contributed by atoms with Crippen LogP contribution in [-0.2, 0) is 18.3 Å². The van der Waals surface area contributed by atoms with Crippen molar-refractivity contribution in [2.45, 2.75) is 64.3 Å². The standard InChI is InChI=1S/C17H25N/c1-4-8-18-16-11-17(2,3)15-10-13-7-5-6-12(13)9-14(15)16/h9-10,16,18H,4-8,11H2,1-3H3. The van der Waals surface area contributed by atoms with Crippen LogP contribution in [-0.4, -0.2) is 6.54 Å². The molecule has 1 unspecified atom stereocenters. The zero-order chi connectivity index (χ0) is 12.8. The molecule has 0 aliphatic heterocycles. The van der Waals surface area contributed by atoms with E-state index in [4.69, 9.17) is 0 Å². The summed E-state index contributed by atoms with van der Waals surface area (Å²) in [5.74, 6) is 0. The van der Waals surface area contributed by atoms with E-state index >= 15 is 0 Å². The molecule has 0 bridgehead atoms. The van der Waals surface area contributed by atoms with Crippen molar-refractivity contribution in [3.63, 3.8) is 0 Å². The quantitative estimate of drug-likeness (QED) is 0.849. The first-order valence-electron chi connectivity index (χ1n) is 7.51. The molecule has 1 nitrogen and oxygen atoms in total. The summed E-state index contributed by atoms with van der Waals surface area (Å²) in [6, 6.07) is 5.62. The monoisotopic (exact) mass is 243 g/mol. The highest BCUT2D eigenvalue weighted by molar-refractivity contribution is 5.48. The summed E-state index contributed by atoms with van der Waals surface area (Å²) in [5, 5.41) is 3.73. The van der Waals surface area contributed by atoms with E-state index < -0.39 is 0 Å². The highest BCUT2D eigenvalue weighted by Crippen LogP contribution is 2.46. The Morgan fingerprint density at radius 1 is 1.22 bits per heavy atom. The second kappa shape index (κ2) is 4.38. The molecule has 0 aromatic heterocycles. The highest BCUT2D eigenvalue weighted by Gasteiger charge is 2.37. The number of hydrogen-bond acceptors (Lipinski definition) is 1. The fourth-order valence-electron chi connectivity index (χ4n) is 3.75. The molecule has 0 amide bonds. The maximum absolute atomic E-state index is 3.73. The van der Waals surface area contributed by atoms with Crippen LogP contribution in [0.25, 0.3) is 0 Å². The van der Waals surface area contributed by atoms with Gasteiger partial charge >= 0.3 is 0 Å². The molecule has 1 aromatic carbocycles. The molecule has 1 heteroatoms. The average Bonchev–Trinajstić information content (AvgIpc) is 2.88. The minimum atomic E-state index is 0.346. The lowest BCUT2D eigenvalue weighted by atomic mass is 9.85. The zero-order valence-corrected chi connectivity index (χ0v) is 12.0.